The number of nitrogens with two attached hydrogens (primary N) is 1. The van der Waals surface area contributed by atoms with Crippen molar-refractivity contribution in [1.29, 1.82) is 0 Å². The van der Waals surface area contributed by atoms with E-state index >= 15 is 0 Å². The second-order valence-electron chi connectivity index (χ2n) is 10.4. The molecule has 2 amide bonds. The zero-order valence-corrected chi connectivity index (χ0v) is 21.8. The lowest BCUT2D eigenvalue weighted by Gasteiger charge is -2.27. The summed E-state index contributed by atoms with van der Waals surface area (Å²) in [6, 6.07) is 30.6. The minimum Gasteiger partial charge on any atom is -0.508 e. The molecule has 4 aromatic carbocycles. The quantitative estimate of drug-likeness (QED) is 0.267. The second kappa shape index (κ2) is 10.7. The van der Waals surface area contributed by atoms with Crippen LogP contribution >= 0.6 is 0 Å². The first-order valence-electron chi connectivity index (χ1n) is 13.6. The monoisotopic (exact) mass is 516 g/mol. The van der Waals surface area contributed by atoms with E-state index in [9.17, 15) is 9.90 Å². The number of phenols is 1. The molecule has 39 heavy (non-hydrogen) atoms. The topological polar surface area (TPSA) is 82.2 Å². The van der Waals surface area contributed by atoms with Gasteiger partial charge in [0.25, 0.3) is 0 Å². The van der Waals surface area contributed by atoms with Gasteiger partial charge in [-0.2, -0.15) is 5.10 Å². The van der Waals surface area contributed by atoms with Crippen LogP contribution in [0.2, 0.25) is 0 Å². The third-order valence-corrected chi connectivity index (χ3v) is 7.65. The Kier molecular flexibility index (Phi) is 6.76. The number of nitrogen functional groups attached to an aromatic ring is 1. The van der Waals surface area contributed by atoms with Gasteiger partial charge >= 0.3 is 6.03 Å². The van der Waals surface area contributed by atoms with Gasteiger partial charge in [0.15, 0.2) is 0 Å². The van der Waals surface area contributed by atoms with E-state index in [0.717, 1.165) is 65.0 Å². The van der Waals surface area contributed by atoms with Gasteiger partial charge in [-0.3, -0.25) is 4.90 Å². The van der Waals surface area contributed by atoms with Gasteiger partial charge in [-0.25, -0.2) is 9.80 Å². The number of rotatable bonds is 5. The van der Waals surface area contributed by atoms with E-state index in [2.05, 4.69) is 6.07 Å². The average Bonchev–Trinajstić information content (AvgIpc) is 3.08. The summed E-state index contributed by atoms with van der Waals surface area (Å²) in [7, 11) is 0. The third-order valence-electron chi connectivity index (χ3n) is 7.65. The highest BCUT2D eigenvalue weighted by Crippen LogP contribution is 2.40. The summed E-state index contributed by atoms with van der Waals surface area (Å²) in [5.41, 5.74) is 13.0. The smallest absolute Gasteiger partial charge is 0.349 e. The van der Waals surface area contributed by atoms with Crippen LogP contribution in [-0.2, 0) is 6.54 Å². The van der Waals surface area contributed by atoms with Crippen LogP contribution in [-0.4, -0.2) is 21.9 Å². The molecule has 1 aliphatic heterocycles. The molecule has 0 unspecified atom stereocenters. The van der Waals surface area contributed by atoms with Crippen LogP contribution in [0.3, 0.4) is 0 Å². The van der Waals surface area contributed by atoms with E-state index in [1.807, 2.05) is 78.9 Å². The van der Waals surface area contributed by atoms with Gasteiger partial charge in [0.2, 0.25) is 0 Å². The summed E-state index contributed by atoms with van der Waals surface area (Å²) < 4.78 is 0. The van der Waals surface area contributed by atoms with Gasteiger partial charge in [0, 0.05) is 17.2 Å². The molecule has 0 aromatic heterocycles. The maximum atomic E-state index is 14.3. The van der Waals surface area contributed by atoms with Crippen LogP contribution in [0.15, 0.2) is 102 Å². The normalized spacial score (nSPS) is 16.0. The predicted molar refractivity (Wildman–Crippen MR) is 157 cm³/mol. The van der Waals surface area contributed by atoms with Gasteiger partial charge in [-0.1, -0.05) is 67.8 Å². The van der Waals surface area contributed by atoms with Gasteiger partial charge in [-0.15, -0.1) is 0 Å². The van der Waals surface area contributed by atoms with Crippen LogP contribution < -0.4 is 10.6 Å². The SMILES string of the molecule is Nc1ccc(N2C(=O)N(Cc3ccccc3)N=C(C3CCCCC3)c3cc(-c4cccc(O)c4)ccc32)cc1. The van der Waals surface area contributed by atoms with E-state index < -0.39 is 0 Å². The first-order chi connectivity index (χ1) is 19.1. The number of nitrogens with zero attached hydrogens (tertiary/aromatic N) is 3. The zero-order chi connectivity index (χ0) is 26.8. The molecule has 1 saturated carbocycles. The molecular weight excluding hydrogens is 484 g/mol. The number of phenolic OH excluding ortho intramolecular Hbond substituents is 1. The van der Waals surface area contributed by atoms with Crippen molar-refractivity contribution in [2.24, 2.45) is 11.0 Å². The molecule has 4 aromatic rings. The highest BCUT2D eigenvalue weighted by atomic mass is 16.3. The first kappa shape index (κ1) is 24.7. The number of amides is 2. The number of hydrogen-bond acceptors (Lipinski definition) is 4. The molecule has 6 nitrogen and oxygen atoms in total. The van der Waals surface area contributed by atoms with E-state index in [0.29, 0.717) is 12.2 Å². The summed E-state index contributed by atoms with van der Waals surface area (Å²) >= 11 is 0. The van der Waals surface area contributed by atoms with Crippen molar-refractivity contribution in [2.75, 3.05) is 10.6 Å². The first-order valence-corrected chi connectivity index (χ1v) is 13.6. The molecule has 0 saturated heterocycles. The number of benzene rings is 4. The molecule has 0 spiro atoms. The molecule has 0 atom stereocenters. The van der Waals surface area contributed by atoms with Crippen LogP contribution in [0, 0.1) is 5.92 Å². The number of anilines is 3. The minimum atomic E-state index is -0.208. The average molecular weight is 517 g/mol. The number of aromatic hydroxyl groups is 1. The van der Waals surface area contributed by atoms with Crippen molar-refractivity contribution in [1.82, 2.24) is 5.01 Å². The summed E-state index contributed by atoms with van der Waals surface area (Å²) in [6.07, 6.45) is 5.62. The van der Waals surface area contributed by atoms with Crippen molar-refractivity contribution < 1.29 is 9.90 Å². The van der Waals surface area contributed by atoms with Crippen molar-refractivity contribution in [3.63, 3.8) is 0 Å². The lowest BCUT2D eigenvalue weighted by atomic mass is 9.82. The fraction of sp³-hybridized carbons (Fsp3) is 0.212. The summed E-state index contributed by atoms with van der Waals surface area (Å²) in [4.78, 5) is 16.1. The van der Waals surface area contributed by atoms with Crippen molar-refractivity contribution in [3.05, 3.63) is 108 Å². The van der Waals surface area contributed by atoms with Gasteiger partial charge in [0.05, 0.1) is 23.6 Å². The van der Waals surface area contributed by atoms with Gasteiger partial charge in [-0.05, 0) is 78.1 Å². The van der Waals surface area contributed by atoms with Crippen molar-refractivity contribution >= 4 is 28.8 Å². The number of carbonyl (C=O) groups excluding carboxylic acids is 1. The minimum absolute atomic E-state index is 0.208. The Hall–Kier alpha value is -4.58. The van der Waals surface area contributed by atoms with Gasteiger partial charge in [0.1, 0.15) is 5.75 Å². The fourth-order valence-corrected chi connectivity index (χ4v) is 5.66. The predicted octanol–water partition coefficient (Wildman–Crippen LogP) is 7.70. The Morgan fingerprint density at radius 1 is 0.821 bits per heavy atom. The molecule has 1 heterocycles. The molecule has 1 fully saturated rings. The lowest BCUT2D eigenvalue weighted by Crippen LogP contribution is -2.36. The molecule has 6 heteroatoms. The molecular formula is C33H32N4O2. The van der Waals surface area contributed by atoms with E-state index in [1.54, 1.807) is 22.0 Å². The third kappa shape index (κ3) is 5.10. The molecule has 2 aliphatic rings. The van der Waals surface area contributed by atoms with Crippen molar-refractivity contribution in [3.8, 4) is 16.9 Å². The highest BCUT2D eigenvalue weighted by Gasteiger charge is 2.34. The largest absolute Gasteiger partial charge is 0.508 e. The Labute approximate surface area is 229 Å². The Morgan fingerprint density at radius 3 is 2.31 bits per heavy atom. The Balaban J connectivity index is 1.55. The van der Waals surface area contributed by atoms with E-state index in [-0.39, 0.29) is 17.7 Å². The second-order valence-corrected chi connectivity index (χ2v) is 10.4. The summed E-state index contributed by atoms with van der Waals surface area (Å²) in [5, 5.41) is 16.9. The standard InChI is InChI=1S/C33H32N4O2/c34-27-15-17-28(18-16-27)37-31-19-14-26(25-12-7-13-29(38)20-25)21-30(31)32(24-10-5-2-6-11-24)35-36(33(37)39)22-23-8-3-1-4-9-23/h1,3-4,7-9,12-21,24,38H,2,5-6,10-11,22,34H2. The summed E-state index contributed by atoms with van der Waals surface area (Å²) in [5.74, 6) is 0.477. The number of urea groups is 1. The zero-order valence-electron chi connectivity index (χ0n) is 21.8. The molecule has 6 rings (SSSR count). The Morgan fingerprint density at radius 2 is 1.56 bits per heavy atom. The van der Waals surface area contributed by atoms with E-state index in [4.69, 9.17) is 10.8 Å². The van der Waals surface area contributed by atoms with Crippen LogP contribution in [0.25, 0.3) is 11.1 Å². The molecule has 196 valence electrons. The molecule has 0 radical (unpaired) electrons. The summed E-state index contributed by atoms with van der Waals surface area (Å²) in [6.45, 7) is 0.370. The highest BCUT2D eigenvalue weighted by molar-refractivity contribution is 6.14. The van der Waals surface area contributed by atoms with Crippen LogP contribution in [0.5, 0.6) is 5.75 Å². The number of carbonyl (C=O) groups is 1. The maximum Gasteiger partial charge on any atom is 0.349 e. The molecule has 0 bridgehead atoms. The van der Waals surface area contributed by atoms with Gasteiger partial charge < -0.3 is 10.8 Å². The fourth-order valence-electron chi connectivity index (χ4n) is 5.66. The maximum absolute atomic E-state index is 14.3. The van der Waals surface area contributed by atoms with E-state index in [1.165, 1.54) is 6.42 Å². The number of hydrazone groups is 1. The van der Waals surface area contributed by atoms with Crippen LogP contribution in [0.1, 0.15) is 43.2 Å². The Bertz CT molecular complexity index is 1510. The number of hydrogen-bond donors (Lipinski definition) is 2. The van der Waals surface area contributed by atoms with Crippen molar-refractivity contribution in [2.45, 2.75) is 38.6 Å². The number of fused-ring (bicyclic) bond motifs is 1. The molecule has 3 N–H and O–H groups in total. The van der Waals surface area contributed by atoms with Crippen LogP contribution in [0.4, 0.5) is 21.9 Å². The lowest BCUT2D eigenvalue weighted by molar-refractivity contribution is 0.207. The molecule has 1 aliphatic carbocycles.